The Morgan fingerprint density at radius 1 is 0.923 bits per heavy atom. The van der Waals surface area contributed by atoms with Crippen LogP contribution in [0.15, 0.2) is 30.9 Å². The molecule has 1 aromatic heterocycles. The minimum absolute atomic E-state index is 0. The molecule has 0 bridgehead atoms. The van der Waals surface area contributed by atoms with Gasteiger partial charge >= 0.3 is 0 Å². The number of hydrogen-bond donors (Lipinski definition) is 0. The summed E-state index contributed by atoms with van der Waals surface area (Å²) in [6, 6.07) is 4.54. The van der Waals surface area contributed by atoms with Crippen LogP contribution in [-0.4, -0.2) is 23.3 Å². The molecule has 0 amide bonds. The smallest absolute Gasteiger partial charge is 0.249 e. The molecule has 143 valence electrons. The van der Waals surface area contributed by atoms with Crippen LogP contribution in [-0.2, 0) is 6.29 Å². The maximum atomic E-state index is 2.38. The summed E-state index contributed by atoms with van der Waals surface area (Å²) in [5, 5.41) is 0.691. The molecule has 0 saturated carbocycles. The maximum Gasteiger partial charge on any atom is 0.249 e. The summed E-state index contributed by atoms with van der Waals surface area (Å²) in [6.07, 6.45) is 7.80. The summed E-state index contributed by atoms with van der Waals surface area (Å²) >= 11 is 0. The molecule has 1 heterocycles. The van der Waals surface area contributed by atoms with Gasteiger partial charge in [-0.2, -0.15) is 0 Å². The van der Waals surface area contributed by atoms with Crippen LogP contribution < -0.4 is 28.5 Å². The fourth-order valence-electron chi connectivity index (χ4n) is 3.78. The first-order valence-electron chi connectivity index (χ1n) is 8.82. The Hall–Kier alpha value is -0.345. The number of halogens is 1. The number of rotatable bonds is 3. The number of aromatic nitrogens is 2. The average molecular weight is 483 g/mol. The van der Waals surface area contributed by atoms with Crippen LogP contribution in [0.3, 0.4) is 0 Å². The molecule has 1 aromatic carbocycles. The lowest BCUT2D eigenvalue weighted by molar-refractivity contribution is -0.677. The van der Waals surface area contributed by atoms with Gasteiger partial charge in [0.05, 0.1) is 0 Å². The van der Waals surface area contributed by atoms with E-state index in [1.165, 1.54) is 22.4 Å². The lowest BCUT2D eigenvalue weighted by Gasteiger charge is -2.40. The van der Waals surface area contributed by atoms with Gasteiger partial charge in [0.2, 0.25) is 6.33 Å². The molecule has 2 nitrogen and oxygen atoms in total. The largest absolute Gasteiger partial charge is 1.00 e. The van der Waals surface area contributed by atoms with E-state index in [0.717, 1.165) is 6.29 Å². The third-order valence-electron chi connectivity index (χ3n) is 4.51. The van der Waals surface area contributed by atoms with Crippen LogP contribution >= 0.6 is 7.92 Å². The van der Waals surface area contributed by atoms with Crippen molar-refractivity contribution in [3.8, 4) is 5.69 Å². The minimum Gasteiger partial charge on any atom is -1.00 e. The van der Waals surface area contributed by atoms with Crippen molar-refractivity contribution in [1.82, 2.24) is 4.57 Å². The van der Waals surface area contributed by atoms with Crippen molar-refractivity contribution in [2.24, 2.45) is 0 Å². The Morgan fingerprint density at radius 3 is 1.81 bits per heavy atom. The fraction of sp³-hybridized carbons (Fsp3) is 0.571. The standard InChI is InChI=1S/C21H34N2P.B.HI/c1-16-12-17(2)19(18(3)13-16)23-11-10-22(14-23)15-24(20(4,5)6)21(7,8)9;;/h10-14H,15H2,1-9H3;;1H/q+1;;/p-1. The molecule has 26 heavy (non-hydrogen) atoms. The highest BCUT2D eigenvalue weighted by Crippen LogP contribution is 2.59. The van der Waals surface area contributed by atoms with Crippen molar-refractivity contribution >= 4 is 16.3 Å². The zero-order valence-corrected chi connectivity index (χ0v) is 20.9. The van der Waals surface area contributed by atoms with Gasteiger partial charge in [-0.05, 0) is 42.2 Å². The molecule has 2 aromatic rings. The van der Waals surface area contributed by atoms with Crippen LogP contribution in [0.1, 0.15) is 58.2 Å². The van der Waals surface area contributed by atoms with Gasteiger partial charge in [-0.15, -0.1) is 0 Å². The summed E-state index contributed by atoms with van der Waals surface area (Å²) < 4.78 is 4.66. The van der Waals surface area contributed by atoms with Crippen molar-refractivity contribution in [3.63, 3.8) is 0 Å². The van der Waals surface area contributed by atoms with Crippen molar-refractivity contribution in [2.45, 2.75) is 78.9 Å². The van der Waals surface area contributed by atoms with E-state index in [-0.39, 0.29) is 40.3 Å². The van der Waals surface area contributed by atoms with Crippen LogP contribution in [0.5, 0.6) is 0 Å². The number of benzene rings is 1. The summed E-state index contributed by atoms with van der Waals surface area (Å²) in [5.41, 5.74) is 5.32. The second kappa shape index (κ2) is 9.23. The predicted molar refractivity (Wildman–Crippen MR) is 112 cm³/mol. The first-order chi connectivity index (χ1) is 10.9. The molecule has 0 N–H and O–H groups in total. The molecule has 2 rings (SSSR count). The number of aryl methyl sites for hydroxylation is 3. The van der Waals surface area contributed by atoms with E-state index in [1.807, 2.05) is 0 Å². The van der Waals surface area contributed by atoms with Crippen molar-refractivity contribution in [3.05, 3.63) is 47.5 Å². The van der Waals surface area contributed by atoms with Crippen LogP contribution in [0.25, 0.3) is 5.69 Å². The first-order valence-corrected chi connectivity index (χ1v) is 10.4. The quantitative estimate of drug-likeness (QED) is 0.275. The molecule has 3 radical (unpaired) electrons. The lowest BCUT2D eigenvalue weighted by Crippen LogP contribution is -3.00. The molecule has 0 aliphatic heterocycles. The normalized spacial score (nSPS) is 11.9. The summed E-state index contributed by atoms with van der Waals surface area (Å²) in [7, 11) is -0.145. The van der Waals surface area contributed by atoms with E-state index in [9.17, 15) is 0 Å². The Bertz CT molecular complexity index is 689. The molecule has 0 saturated heterocycles. The second-order valence-corrected chi connectivity index (χ2v) is 12.8. The monoisotopic (exact) mass is 483 g/mol. The highest BCUT2D eigenvalue weighted by Gasteiger charge is 2.36. The third kappa shape index (κ3) is 6.09. The van der Waals surface area contributed by atoms with Crippen LogP contribution in [0.4, 0.5) is 0 Å². The van der Waals surface area contributed by atoms with Gasteiger partial charge in [0.15, 0.2) is 0 Å². The molecule has 5 heteroatoms. The highest BCUT2D eigenvalue weighted by molar-refractivity contribution is 7.59. The van der Waals surface area contributed by atoms with Gasteiger partial charge in [0.1, 0.15) is 24.4 Å². The number of nitrogens with zero attached hydrogens (tertiary/aromatic N) is 2. The highest BCUT2D eigenvalue weighted by atomic mass is 127. The molecule has 0 aliphatic carbocycles. The van der Waals surface area contributed by atoms with Gasteiger partial charge in [0, 0.05) is 8.41 Å². The van der Waals surface area contributed by atoms with E-state index in [4.69, 9.17) is 0 Å². The van der Waals surface area contributed by atoms with Gasteiger partial charge in [-0.3, -0.25) is 0 Å². The van der Waals surface area contributed by atoms with Gasteiger partial charge in [0.25, 0.3) is 0 Å². The zero-order chi connectivity index (χ0) is 18.3. The molecule has 0 fully saturated rings. The summed E-state index contributed by atoms with van der Waals surface area (Å²) in [5.74, 6) is 0. The minimum atomic E-state index is -0.145. The van der Waals surface area contributed by atoms with Gasteiger partial charge < -0.3 is 24.0 Å². The van der Waals surface area contributed by atoms with Crippen molar-refractivity contribution in [1.29, 1.82) is 0 Å². The summed E-state index contributed by atoms with van der Waals surface area (Å²) in [6.45, 7) is 20.9. The zero-order valence-electron chi connectivity index (χ0n) is 17.9. The van der Waals surface area contributed by atoms with Gasteiger partial charge in [-0.1, -0.05) is 67.2 Å². The van der Waals surface area contributed by atoms with E-state index in [2.05, 4.69) is 102 Å². The Labute approximate surface area is 181 Å². The van der Waals surface area contributed by atoms with Crippen molar-refractivity contribution in [2.75, 3.05) is 0 Å². The molecule has 0 spiro atoms. The van der Waals surface area contributed by atoms with E-state index >= 15 is 0 Å². The molecule has 0 unspecified atom stereocenters. The predicted octanol–water partition coefficient (Wildman–Crippen LogP) is 2.35. The van der Waals surface area contributed by atoms with E-state index < -0.39 is 0 Å². The average Bonchev–Trinajstić information content (AvgIpc) is 2.80. The molecule has 0 atom stereocenters. The maximum absolute atomic E-state index is 2.38. The second-order valence-electron chi connectivity index (χ2n) is 8.99. The Balaban J connectivity index is 0.00000312. The topological polar surface area (TPSA) is 8.81 Å². The number of imidazole rings is 1. The molecular weight excluding hydrogens is 449 g/mol. The van der Waals surface area contributed by atoms with E-state index in [0.29, 0.717) is 10.3 Å². The van der Waals surface area contributed by atoms with Crippen LogP contribution in [0, 0.1) is 20.8 Å². The van der Waals surface area contributed by atoms with Crippen LogP contribution in [0.2, 0.25) is 0 Å². The molecular formula is C21H34BIN2P. The van der Waals surface area contributed by atoms with Gasteiger partial charge in [-0.25, -0.2) is 9.13 Å². The number of hydrogen-bond acceptors (Lipinski definition) is 0. The van der Waals surface area contributed by atoms with E-state index in [1.54, 1.807) is 0 Å². The summed E-state index contributed by atoms with van der Waals surface area (Å²) in [4.78, 5) is 0. The molecule has 0 aliphatic rings. The van der Waals surface area contributed by atoms with Crippen molar-refractivity contribution < 1.29 is 28.5 Å². The first kappa shape index (κ1) is 25.7. The Morgan fingerprint density at radius 2 is 1.38 bits per heavy atom. The Kier molecular flexibility index (Phi) is 9.11. The SMILES string of the molecule is Cc1cc(C)c(-n2cc[n+](CP(C(C)(C)C)C(C)(C)C)c2)c(C)c1.[B].[I-]. The third-order valence-corrected chi connectivity index (χ3v) is 8.36. The fourth-order valence-corrected chi connectivity index (χ4v) is 7.14. The lowest BCUT2D eigenvalue weighted by atomic mass is 10.1.